The largest absolute Gasteiger partial charge is 0.383 e. The van der Waals surface area contributed by atoms with Crippen molar-refractivity contribution >= 4 is 16.9 Å². The number of nitrogens with two attached hydrogens (primary N) is 1. The van der Waals surface area contributed by atoms with E-state index < -0.39 is 6.29 Å². The molecule has 7 nitrogen and oxygen atoms in total. The van der Waals surface area contributed by atoms with Gasteiger partial charge in [0, 0.05) is 18.8 Å². The van der Waals surface area contributed by atoms with E-state index in [4.69, 9.17) is 15.2 Å². The fraction of sp³-hybridized carbons (Fsp3) is 0.316. The summed E-state index contributed by atoms with van der Waals surface area (Å²) in [4.78, 5) is 8.39. The van der Waals surface area contributed by atoms with E-state index in [0.29, 0.717) is 42.3 Å². The minimum absolute atomic E-state index is 0.350. The molecule has 134 valence electrons. The summed E-state index contributed by atoms with van der Waals surface area (Å²) in [5.41, 5.74) is 8.09. The summed E-state index contributed by atoms with van der Waals surface area (Å²) in [6.45, 7) is 5.32. The van der Waals surface area contributed by atoms with Gasteiger partial charge >= 0.3 is 0 Å². The third kappa shape index (κ3) is 3.99. The smallest absolute Gasteiger partial charge is 0.177 e. The fourth-order valence-electron chi connectivity index (χ4n) is 2.56. The van der Waals surface area contributed by atoms with Gasteiger partial charge in [-0.2, -0.15) is 5.10 Å². The Morgan fingerprint density at radius 1 is 1.08 bits per heavy atom. The van der Waals surface area contributed by atoms with Crippen LogP contribution in [-0.2, 0) is 16.0 Å². The zero-order chi connectivity index (χ0) is 18.4. The maximum atomic E-state index is 6.05. The van der Waals surface area contributed by atoms with Crippen LogP contribution in [0.25, 0.3) is 11.0 Å². The summed E-state index contributed by atoms with van der Waals surface area (Å²) in [5.74, 6) is 6.53. The second kappa shape index (κ2) is 8.43. The molecule has 2 aromatic heterocycles. The summed E-state index contributed by atoms with van der Waals surface area (Å²) >= 11 is 0. The molecule has 0 bridgehead atoms. The van der Waals surface area contributed by atoms with Crippen molar-refractivity contribution in [3.8, 4) is 11.8 Å². The van der Waals surface area contributed by atoms with Crippen molar-refractivity contribution in [2.75, 3.05) is 18.9 Å². The molecule has 0 saturated carbocycles. The maximum Gasteiger partial charge on any atom is 0.177 e. The highest BCUT2D eigenvalue weighted by Gasteiger charge is 2.18. The van der Waals surface area contributed by atoms with Crippen LogP contribution in [0.2, 0.25) is 0 Å². The fourth-order valence-corrected chi connectivity index (χ4v) is 2.56. The number of nitrogen functional groups attached to an aromatic ring is 1. The highest BCUT2D eigenvalue weighted by Crippen LogP contribution is 2.21. The predicted molar refractivity (Wildman–Crippen MR) is 99.2 cm³/mol. The Morgan fingerprint density at radius 3 is 2.50 bits per heavy atom. The lowest BCUT2D eigenvalue weighted by Gasteiger charge is -2.16. The van der Waals surface area contributed by atoms with Crippen LogP contribution >= 0.6 is 0 Å². The van der Waals surface area contributed by atoms with E-state index >= 15 is 0 Å². The van der Waals surface area contributed by atoms with Gasteiger partial charge in [-0.15, -0.1) is 0 Å². The van der Waals surface area contributed by atoms with Gasteiger partial charge in [0.2, 0.25) is 0 Å². The van der Waals surface area contributed by atoms with Gasteiger partial charge in [0.05, 0.1) is 11.9 Å². The Balaban J connectivity index is 2.01. The van der Waals surface area contributed by atoms with Crippen molar-refractivity contribution in [3.63, 3.8) is 0 Å². The molecule has 2 heterocycles. The molecule has 0 radical (unpaired) electrons. The van der Waals surface area contributed by atoms with Gasteiger partial charge in [-0.05, 0) is 31.9 Å². The lowest BCUT2D eigenvalue weighted by atomic mass is 10.2. The van der Waals surface area contributed by atoms with Crippen LogP contribution in [0.1, 0.15) is 25.1 Å². The van der Waals surface area contributed by atoms with E-state index in [1.807, 2.05) is 44.2 Å². The number of anilines is 1. The molecule has 0 unspecified atom stereocenters. The Morgan fingerprint density at radius 2 is 1.81 bits per heavy atom. The topological polar surface area (TPSA) is 88.1 Å². The Hall–Kier alpha value is -2.95. The molecule has 0 atom stereocenters. The zero-order valence-corrected chi connectivity index (χ0v) is 14.8. The van der Waals surface area contributed by atoms with Crippen LogP contribution in [0.5, 0.6) is 0 Å². The van der Waals surface area contributed by atoms with Crippen LogP contribution in [-0.4, -0.2) is 39.3 Å². The Kier molecular flexibility index (Phi) is 5.79. The molecule has 3 rings (SSSR count). The van der Waals surface area contributed by atoms with Crippen LogP contribution in [0.15, 0.2) is 36.7 Å². The van der Waals surface area contributed by atoms with E-state index in [1.165, 1.54) is 6.33 Å². The highest BCUT2D eigenvalue weighted by molar-refractivity contribution is 5.90. The van der Waals surface area contributed by atoms with Gasteiger partial charge in [-0.25, -0.2) is 14.6 Å². The first kappa shape index (κ1) is 17.9. The van der Waals surface area contributed by atoms with Gasteiger partial charge in [-0.1, -0.05) is 24.1 Å². The summed E-state index contributed by atoms with van der Waals surface area (Å²) in [7, 11) is 0. The molecule has 0 fully saturated rings. The molecule has 2 N–H and O–H groups in total. The summed E-state index contributed by atoms with van der Waals surface area (Å²) in [5, 5.41) is 5.21. The van der Waals surface area contributed by atoms with Crippen LogP contribution in [0.4, 0.5) is 5.82 Å². The van der Waals surface area contributed by atoms with Gasteiger partial charge < -0.3 is 15.2 Å². The quantitative estimate of drug-likeness (QED) is 0.541. The Labute approximate surface area is 152 Å². The molecular weight excluding hydrogens is 330 g/mol. The van der Waals surface area contributed by atoms with Crippen molar-refractivity contribution in [1.82, 2.24) is 19.7 Å². The first-order valence-electron chi connectivity index (χ1n) is 8.50. The van der Waals surface area contributed by atoms with Gasteiger partial charge in [0.1, 0.15) is 17.8 Å². The number of ether oxygens (including phenoxy) is 2. The summed E-state index contributed by atoms with van der Waals surface area (Å²) < 4.78 is 12.9. The van der Waals surface area contributed by atoms with Gasteiger partial charge in [0.15, 0.2) is 11.9 Å². The van der Waals surface area contributed by atoms with E-state index in [0.717, 1.165) is 5.56 Å². The minimum Gasteiger partial charge on any atom is -0.383 e. The van der Waals surface area contributed by atoms with Crippen molar-refractivity contribution in [1.29, 1.82) is 0 Å². The second-order valence-corrected chi connectivity index (χ2v) is 5.44. The predicted octanol–water partition coefficient (Wildman–Crippen LogP) is 2.21. The standard InChI is InChI=1S/C19H21N5O2/c1-3-25-16(26-4-2)12-24-19-17(18(20)21-13-22-19)15(23-24)11-10-14-8-6-5-7-9-14/h5-9,13,16H,3-4,12H2,1-2H3,(H2,20,21,22). The van der Waals surface area contributed by atoms with Crippen LogP contribution in [0, 0.1) is 11.8 Å². The number of benzene rings is 1. The normalized spacial score (nSPS) is 10.9. The van der Waals surface area contributed by atoms with Crippen molar-refractivity contribution in [2.45, 2.75) is 26.7 Å². The Bertz CT molecular complexity index is 921. The van der Waals surface area contributed by atoms with Crippen LogP contribution in [0.3, 0.4) is 0 Å². The third-order valence-corrected chi connectivity index (χ3v) is 3.68. The lowest BCUT2D eigenvalue weighted by Crippen LogP contribution is -2.24. The molecule has 0 aliphatic carbocycles. The molecule has 0 amide bonds. The minimum atomic E-state index is -0.417. The first-order chi connectivity index (χ1) is 12.7. The number of hydrogen-bond acceptors (Lipinski definition) is 6. The molecule has 26 heavy (non-hydrogen) atoms. The monoisotopic (exact) mass is 351 g/mol. The number of hydrogen-bond donors (Lipinski definition) is 1. The molecule has 3 aromatic rings. The molecule has 0 aliphatic rings. The second-order valence-electron chi connectivity index (χ2n) is 5.44. The van der Waals surface area contributed by atoms with E-state index in [9.17, 15) is 0 Å². The zero-order valence-electron chi connectivity index (χ0n) is 14.8. The van der Waals surface area contributed by atoms with E-state index in [1.54, 1.807) is 4.68 Å². The molecule has 1 aromatic carbocycles. The number of rotatable bonds is 6. The number of nitrogens with zero attached hydrogens (tertiary/aromatic N) is 4. The molecule has 7 heteroatoms. The SMILES string of the molecule is CCOC(Cn1nc(C#Cc2ccccc2)c2c(N)ncnc21)OCC. The van der Waals surface area contributed by atoms with Crippen molar-refractivity contribution < 1.29 is 9.47 Å². The molecule has 0 saturated heterocycles. The highest BCUT2D eigenvalue weighted by atomic mass is 16.7. The van der Waals surface area contributed by atoms with Gasteiger partial charge in [0.25, 0.3) is 0 Å². The van der Waals surface area contributed by atoms with Crippen molar-refractivity contribution in [3.05, 3.63) is 47.9 Å². The summed E-state index contributed by atoms with van der Waals surface area (Å²) in [6, 6.07) is 9.70. The number of fused-ring (bicyclic) bond motifs is 1. The number of aromatic nitrogens is 4. The third-order valence-electron chi connectivity index (χ3n) is 3.68. The first-order valence-corrected chi connectivity index (χ1v) is 8.50. The molecular formula is C19H21N5O2. The average Bonchev–Trinajstić information content (AvgIpc) is 3.00. The maximum absolute atomic E-state index is 6.05. The van der Waals surface area contributed by atoms with Gasteiger partial charge in [-0.3, -0.25) is 0 Å². The van der Waals surface area contributed by atoms with Crippen LogP contribution < -0.4 is 5.73 Å². The van der Waals surface area contributed by atoms with E-state index in [2.05, 4.69) is 26.9 Å². The summed E-state index contributed by atoms with van der Waals surface area (Å²) in [6.07, 6.45) is 1.000. The van der Waals surface area contributed by atoms with Crippen molar-refractivity contribution in [2.24, 2.45) is 0 Å². The molecule has 0 aliphatic heterocycles. The van der Waals surface area contributed by atoms with E-state index in [-0.39, 0.29) is 0 Å². The average molecular weight is 351 g/mol. The lowest BCUT2D eigenvalue weighted by molar-refractivity contribution is -0.144. The molecule has 0 spiro atoms.